The summed E-state index contributed by atoms with van der Waals surface area (Å²) in [7, 11) is 1.61. The third-order valence-corrected chi connectivity index (χ3v) is 7.47. The van der Waals surface area contributed by atoms with Crippen molar-refractivity contribution in [1.29, 1.82) is 0 Å². The minimum atomic E-state index is -0.635. The van der Waals surface area contributed by atoms with Crippen molar-refractivity contribution in [3.05, 3.63) is 83.9 Å². The van der Waals surface area contributed by atoms with Gasteiger partial charge in [0.1, 0.15) is 6.61 Å². The fourth-order valence-corrected chi connectivity index (χ4v) is 5.01. The van der Waals surface area contributed by atoms with Crippen molar-refractivity contribution in [2.24, 2.45) is 5.41 Å². The number of carbonyl (C=O) groups is 1. The van der Waals surface area contributed by atoms with E-state index >= 15 is 0 Å². The predicted octanol–water partition coefficient (Wildman–Crippen LogP) is 4.29. The topological polar surface area (TPSA) is 79.2 Å². The molecule has 3 atom stereocenters. The highest BCUT2D eigenvalue weighted by molar-refractivity contribution is 5.77. The van der Waals surface area contributed by atoms with Crippen molar-refractivity contribution in [2.75, 3.05) is 33.4 Å². The SMILES string of the molecule is COc1ccc([C@@H]2CN(C(=O)CO)C[C@@]2(C)[C@@H](C)O)cc1OCCc1ccc(-c2ccccc2)cc1. The summed E-state index contributed by atoms with van der Waals surface area (Å²) in [6.07, 6.45) is 0.111. The Morgan fingerprint density at radius 1 is 1.06 bits per heavy atom. The number of likely N-dealkylation sites (tertiary alicyclic amines) is 1. The maximum atomic E-state index is 12.2. The molecule has 1 heterocycles. The summed E-state index contributed by atoms with van der Waals surface area (Å²) in [6.45, 7) is 4.50. The number of aliphatic hydroxyl groups excluding tert-OH is 2. The molecule has 2 N–H and O–H groups in total. The molecular weight excluding hydrogens is 454 g/mol. The summed E-state index contributed by atoms with van der Waals surface area (Å²) in [5.74, 6) is 0.841. The Bertz CT molecular complexity index is 1160. The van der Waals surface area contributed by atoms with Crippen molar-refractivity contribution >= 4 is 5.91 Å². The van der Waals surface area contributed by atoms with E-state index in [1.54, 1.807) is 18.9 Å². The molecule has 6 nitrogen and oxygen atoms in total. The number of amides is 1. The van der Waals surface area contributed by atoms with Crippen LogP contribution in [0.5, 0.6) is 11.5 Å². The van der Waals surface area contributed by atoms with Crippen LogP contribution in [0.3, 0.4) is 0 Å². The van der Waals surface area contributed by atoms with Gasteiger partial charge in [0.05, 0.1) is 19.8 Å². The molecule has 0 unspecified atom stereocenters. The standard InChI is InChI=1S/C30H35NO5/c1-21(33)30(2)20-31(29(34)19-32)18-26(30)25-13-14-27(35-3)28(17-25)36-16-15-22-9-11-24(12-10-22)23-7-5-4-6-8-23/h4-14,17,21,26,32-33H,15-16,18-20H2,1-3H3/t21-,26+,30+/m1/s1. The maximum Gasteiger partial charge on any atom is 0.248 e. The fraction of sp³-hybridized carbons (Fsp3) is 0.367. The second-order valence-electron chi connectivity index (χ2n) is 9.74. The predicted molar refractivity (Wildman–Crippen MR) is 140 cm³/mol. The Labute approximate surface area is 213 Å². The third-order valence-electron chi connectivity index (χ3n) is 7.47. The molecule has 1 aliphatic heterocycles. The molecule has 1 saturated heterocycles. The molecule has 0 saturated carbocycles. The van der Waals surface area contributed by atoms with Crippen LogP contribution in [-0.4, -0.2) is 60.5 Å². The molecule has 1 fully saturated rings. The van der Waals surface area contributed by atoms with Gasteiger partial charge in [-0.1, -0.05) is 67.6 Å². The molecule has 6 heteroatoms. The summed E-state index contributed by atoms with van der Waals surface area (Å²) in [4.78, 5) is 13.8. The van der Waals surface area contributed by atoms with Gasteiger partial charge < -0.3 is 24.6 Å². The monoisotopic (exact) mass is 489 g/mol. The van der Waals surface area contributed by atoms with Gasteiger partial charge in [-0.2, -0.15) is 0 Å². The molecule has 0 spiro atoms. The zero-order valence-electron chi connectivity index (χ0n) is 21.2. The number of nitrogens with zero attached hydrogens (tertiary/aromatic N) is 1. The molecule has 36 heavy (non-hydrogen) atoms. The number of aliphatic hydroxyl groups is 2. The highest BCUT2D eigenvalue weighted by Gasteiger charge is 2.48. The number of rotatable bonds is 9. The van der Waals surface area contributed by atoms with Crippen LogP contribution < -0.4 is 9.47 Å². The van der Waals surface area contributed by atoms with Crippen LogP contribution in [-0.2, 0) is 11.2 Å². The number of carbonyl (C=O) groups excluding carboxylic acids is 1. The van der Waals surface area contributed by atoms with Gasteiger partial charge in [-0.05, 0) is 41.3 Å². The van der Waals surface area contributed by atoms with Crippen molar-refractivity contribution in [1.82, 2.24) is 4.90 Å². The summed E-state index contributed by atoms with van der Waals surface area (Å²) in [5.41, 5.74) is 3.98. The van der Waals surface area contributed by atoms with Crippen LogP contribution in [0.2, 0.25) is 0 Å². The van der Waals surface area contributed by atoms with Crippen molar-refractivity contribution in [2.45, 2.75) is 32.3 Å². The lowest BCUT2D eigenvalue weighted by Crippen LogP contribution is -2.38. The molecule has 190 valence electrons. The number of benzene rings is 3. The first-order valence-electron chi connectivity index (χ1n) is 12.4. The highest BCUT2D eigenvalue weighted by atomic mass is 16.5. The number of methoxy groups -OCH3 is 1. The van der Waals surface area contributed by atoms with E-state index in [1.165, 1.54) is 16.7 Å². The number of hydrogen-bond donors (Lipinski definition) is 2. The molecule has 0 aliphatic carbocycles. The minimum absolute atomic E-state index is 0.105. The molecule has 0 bridgehead atoms. The van der Waals surface area contributed by atoms with Crippen LogP contribution in [0.25, 0.3) is 11.1 Å². The lowest BCUT2D eigenvalue weighted by molar-refractivity contribution is -0.133. The minimum Gasteiger partial charge on any atom is -0.493 e. The zero-order valence-corrected chi connectivity index (χ0v) is 21.2. The second kappa shape index (κ2) is 11.1. The van der Waals surface area contributed by atoms with Gasteiger partial charge in [0.15, 0.2) is 11.5 Å². The normalized spacial score (nSPS) is 20.2. The summed E-state index contributed by atoms with van der Waals surface area (Å²) >= 11 is 0. The first-order valence-corrected chi connectivity index (χ1v) is 12.4. The molecule has 3 aromatic rings. The van der Waals surface area contributed by atoms with Crippen molar-refractivity contribution in [3.63, 3.8) is 0 Å². The van der Waals surface area contributed by atoms with Crippen LogP contribution in [0.15, 0.2) is 72.8 Å². The van der Waals surface area contributed by atoms with E-state index in [1.807, 2.05) is 43.3 Å². The van der Waals surface area contributed by atoms with Gasteiger partial charge >= 0.3 is 0 Å². The molecule has 0 aromatic heterocycles. The smallest absolute Gasteiger partial charge is 0.248 e. The third kappa shape index (κ3) is 5.40. The van der Waals surface area contributed by atoms with E-state index in [4.69, 9.17) is 9.47 Å². The van der Waals surface area contributed by atoms with E-state index in [2.05, 4.69) is 36.4 Å². The average molecular weight is 490 g/mol. The fourth-order valence-electron chi connectivity index (χ4n) is 5.01. The van der Waals surface area contributed by atoms with Gasteiger partial charge in [0.25, 0.3) is 0 Å². The van der Waals surface area contributed by atoms with E-state index in [0.717, 1.165) is 12.0 Å². The Hall–Kier alpha value is -3.35. The lowest BCUT2D eigenvalue weighted by Gasteiger charge is -2.33. The van der Waals surface area contributed by atoms with E-state index in [9.17, 15) is 15.0 Å². The number of hydrogen-bond acceptors (Lipinski definition) is 5. The first kappa shape index (κ1) is 25.7. The van der Waals surface area contributed by atoms with Crippen LogP contribution in [0.1, 0.15) is 30.9 Å². The molecule has 0 radical (unpaired) electrons. The molecule has 1 amide bonds. The van der Waals surface area contributed by atoms with Gasteiger partial charge in [-0.3, -0.25) is 4.79 Å². The highest BCUT2D eigenvalue weighted by Crippen LogP contribution is 2.46. The van der Waals surface area contributed by atoms with Gasteiger partial charge in [0, 0.05) is 30.8 Å². The Kier molecular flexibility index (Phi) is 7.97. The Morgan fingerprint density at radius 3 is 2.39 bits per heavy atom. The lowest BCUT2D eigenvalue weighted by atomic mass is 9.72. The van der Waals surface area contributed by atoms with Crippen LogP contribution in [0.4, 0.5) is 0 Å². The van der Waals surface area contributed by atoms with Crippen molar-refractivity contribution < 1.29 is 24.5 Å². The summed E-state index contributed by atoms with van der Waals surface area (Å²) < 4.78 is 11.7. The van der Waals surface area contributed by atoms with E-state index < -0.39 is 18.1 Å². The van der Waals surface area contributed by atoms with E-state index in [-0.39, 0.29) is 11.8 Å². The average Bonchev–Trinajstić information content (AvgIpc) is 3.28. The zero-order chi connectivity index (χ0) is 25.7. The van der Waals surface area contributed by atoms with Gasteiger partial charge in [0.2, 0.25) is 5.91 Å². The van der Waals surface area contributed by atoms with Crippen LogP contribution in [0, 0.1) is 5.41 Å². The summed E-state index contributed by atoms with van der Waals surface area (Å²) in [6, 6.07) is 24.6. The molecule has 1 aliphatic rings. The largest absolute Gasteiger partial charge is 0.493 e. The quantitative estimate of drug-likeness (QED) is 0.469. The van der Waals surface area contributed by atoms with Crippen molar-refractivity contribution in [3.8, 4) is 22.6 Å². The van der Waals surface area contributed by atoms with Gasteiger partial charge in [-0.15, -0.1) is 0 Å². The second-order valence-corrected chi connectivity index (χ2v) is 9.74. The maximum absolute atomic E-state index is 12.2. The summed E-state index contributed by atoms with van der Waals surface area (Å²) in [5, 5.41) is 19.9. The first-order chi connectivity index (χ1) is 17.4. The van der Waals surface area contributed by atoms with E-state index in [0.29, 0.717) is 31.2 Å². The Balaban J connectivity index is 1.47. The molecule has 3 aromatic carbocycles. The van der Waals surface area contributed by atoms with Crippen LogP contribution >= 0.6 is 0 Å². The molecule has 4 rings (SSSR count). The van der Waals surface area contributed by atoms with Gasteiger partial charge in [-0.25, -0.2) is 0 Å². The Morgan fingerprint density at radius 2 is 1.75 bits per heavy atom. The number of ether oxygens (including phenoxy) is 2. The molecular formula is C30H35NO5.